The fourth-order valence-corrected chi connectivity index (χ4v) is 4.39. The Morgan fingerprint density at radius 1 is 0.838 bits per heavy atom. The number of rotatable bonds is 17. The second-order valence-corrected chi connectivity index (χ2v) is 9.46. The third-order valence-electron chi connectivity index (χ3n) is 6.43. The van der Waals surface area contributed by atoms with E-state index in [2.05, 4.69) is 18.8 Å². The number of unbranched alkanes of at least 4 members (excludes halogenated alkanes) is 10. The molecule has 0 spiro atoms. The summed E-state index contributed by atoms with van der Waals surface area (Å²) in [5.41, 5.74) is 1.19. The van der Waals surface area contributed by atoms with Crippen molar-refractivity contribution < 1.29 is 32.7 Å². The Morgan fingerprint density at radius 3 is 1.81 bits per heavy atom. The summed E-state index contributed by atoms with van der Waals surface area (Å²) in [5.74, 6) is -3.90. The van der Waals surface area contributed by atoms with Crippen LogP contribution < -0.4 is 4.84 Å². The number of aryl methyl sites for hydroxylation is 2. The molecule has 2 aromatic rings. The molecule has 1 aromatic carbocycles. The third kappa shape index (κ3) is 9.85. The van der Waals surface area contributed by atoms with Gasteiger partial charge in [-0.25, -0.2) is 14.6 Å². The minimum atomic E-state index is -4.83. The molecule has 0 unspecified atom stereocenters. The van der Waals surface area contributed by atoms with E-state index in [0.717, 1.165) is 81.3 Å². The third-order valence-corrected chi connectivity index (χ3v) is 6.43. The molecule has 0 saturated heterocycles. The van der Waals surface area contributed by atoms with Gasteiger partial charge in [-0.15, -0.1) is 0 Å². The number of carboxylic acid groups (broad SMARTS) is 1. The molecular formula is C28H39F3N2O4. The Hall–Kier alpha value is -2.84. The van der Waals surface area contributed by atoms with Gasteiger partial charge < -0.3 is 9.94 Å². The van der Waals surface area contributed by atoms with Gasteiger partial charge in [-0.3, -0.25) is 0 Å². The van der Waals surface area contributed by atoms with Crippen LogP contribution in [0, 0.1) is 0 Å². The van der Waals surface area contributed by atoms with Gasteiger partial charge in [-0.05, 0) is 48.9 Å². The first-order valence-electron chi connectivity index (χ1n) is 13.4. The van der Waals surface area contributed by atoms with Gasteiger partial charge in [-0.2, -0.15) is 17.9 Å². The lowest BCUT2D eigenvalue weighted by atomic mass is 9.91. The molecule has 0 aliphatic carbocycles. The van der Waals surface area contributed by atoms with Gasteiger partial charge in [0.15, 0.2) is 0 Å². The van der Waals surface area contributed by atoms with Gasteiger partial charge in [0, 0.05) is 6.20 Å². The normalized spacial score (nSPS) is 11.6. The van der Waals surface area contributed by atoms with Crippen LogP contribution in [0.2, 0.25) is 0 Å². The van der Waals surface area contributed by atoms with E-state index in [1.807, 2.05) is 0 Å². The van der Waals surface area contributed by atoms with Gasteiger partial charge in [-0.1, -0.05) is 78.1 Å². The van der Waals surface area contributed by atoms with Crippen LogP contribution in [0.4, 0.5) is 13.2 Å². The van der Waals surface area contributed by atoms with Crippen molar-refractivity contribution in [2.24, 2.45) is 0 Å². The van der Waals surface area contributed by atoms with Crippen molar-refractivity contribution in [2.45, 2.75) is 110 Å². The highest BCUT2D eigenvalue weighted by Gasteiger charge is 2.38. The number of nitrogens with zero attached hydrogens (tertiary/aromatic N) is 2. The Labute approximate surface area is 217 Å². The number of benzene rings is 1. The fraction of sp³-hybridized carbons (Fsp3) is 0.607. The summed E-state index contributed by atoms with van der Waals surface area (Å²) in [6.07, 6.45) is 11.3. The Kier molecular flexibility index (Phi) is 12.7. The number of hydrogen-bond acceptors (Lipinski definition) is 4. The number of hydrogen-bond donors (Lipinski definition) is 1. The van der Waals surface area contributed by atoms with Crippen molar-refractivity contribution >= 4 is 11.9 Å². The SMILES string of the molecule is CCCCCCCCc1cc(C(=O)O)c(C(=O)On2ccnc2C(F)(F)F)cc1CCCCCCCC. The summed E-state index contributed by atoms with van der Waals surface area (Å²) in [4.78, 5) is 33.0. The second-order valence-electron chi connectivity index (χ2n) is 9.46. The molecule has 0 bridgehead atoms. The number of aromatic carboxylic acids is 1. The van der Waals surface area contributed by atoms with E-state index < -0.39 is 23.9 Å². The number of carbonyl (C=O) groups is 2. The summed E-state index contributed by atoms with van der Waals surface area (Å²) in [5, 5.41) is 9.80. The molecule has 0 saturated carbocycles. The van der Waals surface area contributed by atoms with Crippen molar-refractivity contribution in [3.8, 4) is 0 Å². The second kappa shape index (κ2) is 15.4. The zero-order chi connectivity index (χ0) is 27.3. The summed E-state index contributed by atoms with van der Waals surface area (Å²) >= 11 is 0. The average Bonchev–Trinajstić information content (AvgIpc) is 3.32. The number of carboxylic acids is 1. The molecule has 2 rings (SSSR count). The largest absolute Gasteiger partial charge is 0.478 e. The van der Waals surface area contributed by atoms with E-state index in [1.165, 1.54) is 31.4 Å². The number of aromatic nitrogens is 2. The van der Waals surface area contributed by atoms with Crippen LogP contribution >= 0.6 is 0 Å². The fourth-order valence-electron chi connectivity index (χ4n) is 4.39. The first-order chi connectivity index (χ1) is 17.7. The van der Waals surface area contributed by atoms with Gasteiger partial charge in [0.05, 0.1) is 17.3 Å². The van der Waals surface area contributed by atoms with Gasteiger partial charge in [0.25, 0.3) is 5.82 Å². The molecular weight excluding hydrogens is 485 g/mol. The molecule has 0 aliphatic rings. The minimum absolute atomic E-state index is 0.228. The van der Waals surface area contributed by atoms with Crippen molar-refractivity contribution in [2.75, 3.05) is 0 Å². The molecule has 0 aliphatic heterocycles. The average molecular weight is 525 g/mol. The minimum Gasteiger partial charge on any atom is -0.478 e. The van der Waals surface area contributed by atoms with Crippen LogP contribution in [0.3, 0.4) is 0 Å². The monoisotopic (exact) mass is 524 g/mol. The van der Waals surface area contributed by atoms with Crippen LogP contribution in [-0.4, -0.2) is 26.8 Å². The molecule has 1 heterocycles. The molecule has 0 fully saturated rings. The highest BCUT2D eigenvalue weighted by molar-refractivity contribution is 6.03. The Morgan fingerprint density at radius 2 is 1.32 bits per heavy atom. The summed E-state index contributed by atoms with van der Waals surface area (Å²) < 4.78 is 39.7. The number of carbonyl (C=O) groups excluding carboxylic acids is 1. The first kappa shape index (κ1) is 30.4. The standard InChI is InChI=1S/C28H39F3N2O4/c1-3-5-7-9-11-13-15-21-19-23(25(34)35)24(20-22(21)16-14-12-10-8-6-4-2)26(36)37-33-18-17-32-27(33)28(29,30)31/h17-20H,3-16H2,1-2H3,(H,34,35). The van der Waals surface area contributed by atoms with Crippen molar-refractivity contribution in [1.29, 1.82) is 0 Å². The molecule has 0 amide bonds. The Balaban J connectivity index is 2.27. The van der Waals surface area contributed by atoms with E-state index in [-0.39, 0.29) is 15.9 Å². The number of imidazole rings is 1. The van der Waals surface area contributed by atoms with Crippen molar-refractivity contribution in [1.82, 2.24) is 9.71 Å². The van der Waals surface area contributed by atoms with E-state index in [9.17, 15) is 27.9 Å². The topological polar surface area (TPSA) is 81.4 Å². The van der Waals surface area contributed by atoms with E-state index in [0.29, 0.717) is 12.8 Å². The molecule has 6 nitrogen and oxygen atoms in total. The van der Waals surface area contributed by atoms with Crippen LogP contribution in [0.1, 0.15) is 129 Å². The van der Waals surface area contributed by atoms with Crippen molar-refractivity contribution in [3.05, 3.63) is 52.6 Å². The molecule has 206 valence electrons. The van der Waals surface area contributed by atoms with Crippen LogP contribution in [0.25, 0.3) is 0 Å². The van der Waals surface area contributed by atoms with Gasteiger partial charge in [0.2, 0.25) is 0 Å². The van der Waals surface area contributed by atoms with E-state index in [1.54, 1.807) is 0 Å². The predicted octanol–water partition coefficient (Wildman–Crippen LogP) is 7.68. The predicted molar refractivity (Wildman–Crippen MR) is 136 cm³/mol. The van der Waals surface area contributed by atoms with Gasteiger partial charge in [0.1, 0.15) is 0 Å². The highest BCUT2D eigenvalue weighted by Crippen LogP contribution is 2.28. The number of alkyl halides is 3. The summed E-state index contributed by atoms with van der Waals surface area (Å²) in [7, 11) is 0. The molecule has 1 aromatic heterocycles. The van der Waals surface area contributed by atoms with Crippen LogP contribution in [0.5, 0.6) is 0 Å². The molecule has 37 heavy (non-hydrogen) atoms. The molecule has 0 atom stereocenters. The van der Waals surface area contributed by atoms with E-state index in [4.69, 9.17) is 4.84 Å². The lowest BCUT2D eigenvalue weighted by Crippen LogP contribution is -2.26. The molecule has 0 radical (unpaired) electrons. The van der Waals surface area contributed by atoms with Crippen molar-refractivity contribution in [3.63, 3.8) is 0 Å². The number of halogens is 3. The molecule has 1 N–H and O–H groups in total. The van der Waals surface area contributed by atoms with Gasteiger partial charge >= 0.3 is 18.1 Å². The maximum absolute atomic E-state index is 13.2. The summed E-state index contributed by atoms with van der Waals surface area (Å²) in [6, 6.07) is 2.99. The molecule has 9 heteroatoms. The van der Waals surface area contributed by atoms with Crippen LogP contribution in [-0.2, 0) is 19.0 Å². The zero-order valence-corrected chi connectivity index (χ0v) is 21.9. The smallest absolute Gasteiger partial charge is 0.453 e. The maximum atomic E-state index is 13.2. The maximum Gasteiger partial charge on any atom is 0.453 e. The lowest BCUT2D eigenvalue weighted by molar-refractivity contribution is -0.153. The van der Waals surface area contributed by atoms with Crippen LogP contribution in [0.15, 0.2) is 24.5 Å². The highest BCUT2D eigenvalue weighted by atomic mass is 19.4. The first-order valence-corrected chi connectivity index (χ1v) is 13.4. The summed E-state index contributed by atoms with van der Waals surface area (Å²) in [6.45, 7) is 4.31. The Bertz CT molecular complexity index is 1000. The quantitative estimate of drug-likeness (QED) is 0.215. The zero-order valence-electron chi connectivity index (χ0n) is 21.9. The van der Waals surface area contributed by atoms with E-state index >= 15 is 0 Å². The lowest BCUT2D eigenvalue weighted by Gasteiger charge is -2.16.